The zero-order valence-electron chi connectivity index (χ0n) is 32.5. The number of alkyl carbamates (subject to hydrolysis) is 1. The molecule has 1 unspecified atom stereocenters. The number of amides is 5. The highest BCUT2D eigenvalue weighted by molar-refractivity contribution is 7.79. The molecule has 52 heavy (non-hydrogen) atoms. The molecule has 1 aromatic rings. The molecule has 0 fully saturated rings. The SMILES string of the molecule is CC[C@H](C)[C@H](NC(=O)OC(C)(C)C)C(=O)N[C@@H](CCS(=O)O)C(=O)N[C@@H](CC(C)C)[C@@H](O)C[C@@H](C)C(=O)N[C@H](C(=O)NCc1ccccc1)C(C)C. The van der Waals surface area contributed by atoms with Crippen molar-refractivity contribution in [3.8, 4) is 0 Å². The highest BCUT2D eigenvalue weighted by Crippen LogP contribution is 2.18. The van der Waals surface area contributed by atoms with Crippen molar-refractivity contribution in [1.29, 1.82) is 0 Å². The van der Waals surface area contributed by atoms with Gasteiger partial charge in [0.15, 0.2) is 11.1 Å². The Kier molecular flexibility index (Phi) is 20.1. The Morgan fingerprint density at radius 1 is 0.808 bits per heavy atom. The van der Waals surface area contributed by atoms with Crippen molar-refractivity contribution in [2.75, 3.05) is 5.75 Å². The maximum absolute atomic E-state index is 13.7. The normalized spacial score (nSPS) is 16.3. The van der Waals surface area contributed by atoms with E-state index in [0.29, 0.717) is 19.4 Å². The fraction of sp³-hybridized carbons (Fsp3) is 0.703. The van der Waals surface area contributed by atoms with Crippen molar-refractivity contribution in [2.24, 2.45) is 23.7 Å². The molecule has 0 heterocycles. The molecular formula is C37H63N5O9S. The zero-order chi connectivity index (χ0) is 39.8. The molecule has 0 radical (unpaired) electrons. The van der Waals surface area contributed by atoms with Crippen LogP contribution in [0.4, 0.5) is 4.79 Å². The van der Waals surface area contributed by atoms with E-state index < -0.39 is 76.7 Å². The van der Waals surface area contributed by atoms with Gasteiger partial charge >= 0.3 is 6.09 Å². The average Bonchev–Trinajstić information content (AvgIpc) is 3.04. The summed E-state index contributed by atoms with van der Waals surface area (Å²) in [5, 5.41) is 25.0. The van der Waals surface area contributed by atoms with Crippen LogP contribution in [0.25, 0.3) is 0 Å². The topological polar surface area (TPSA) is 212 Å². The lowest BCUT2D eigenvalue weighted by Gasteiger charge is -2.31. The van der Waals surface area contributed by atoms with Crippen LogP contribution in [0.15, 0.2) is 30.3 Å². The van der Waals surface area contributed by atoms with Crippen molar-refractivity contribution in [3.05, 3.63) is 35.9 Å². The summed E-state index contributed by atoms with van der Waals surface area (Å²) in [5.41, 5.74) is 0.102. The van der Waals surface area contributed by atoms with Crippen molar-refractivity contribution < 1.29 is 42.6 Å². The van der Waals surface area contributed by atoms with Gasteiger partial charge in [0.05, 0.1) is 17.9 Å². The fourth-order valence-electron chi connectivity index (χ4n) is 5.35. The van der Waals surface area contributed by atoms with E-state index >= 15 is 0 Å². The number of hydrogen-bond acceptors (Lipinski definition) is 8. The van der Waals surface area contributed by atoms with Crippen LogP contribution in [0.1, 0.15) is 100 Å². The van der Waals surface area contributed by atoms with Crippen LogP contribution < -0.4 is 26.6 Å². The molecule has 0 aliphatic carbocycles. The number of aliphatic hydroxyl groups excluding tert-OH is 1. The third-order valence-electron chi connectivity index (χ3n) is 8.50. The van der Waals surface area contributed by atoms with Crippen molar-refractivity contribution in [3.63, 3.8) is 0 Å². The van der Waals surface area contributed by atoms with Gasteiger partial charge in [0.25, 0.3) is 0 Å². The van der Waals surface area contributed by atoms with E-state index in [4.69, 9.17) is 4.74 Å². The molecule has 0 aliphatic rings. The summed E-state index contributed by atoms with van der Waals surface area (Å²) in [5.74, 6) is -3.78. The lowest BCUT2D eigenvalue weighted by molar-refractivity contribution is -0.133. The van der Waals surface area contributed by atoms with Gasteiger partial charge in [-0.2, -0.15) is 0 Å². The molecular weight excluding hydrogens is 690 g/mol. The summed E-state index contributed by atoms with van der Waals surface area (Å²) in [6.07, 6.45) is -1.42. The lowest BCUT2D eigenvalue weighted by atomic mass is 9.91. The number of ether oxygens (including phenoxy) is 1. The molecule has 1 aromatic carbocycles. The minimum Gasteiger partial charge on any atom is -0.444 e. The quantitative estimate of drug-likeness (QED) is 0.0916. The summed E-state index contributed by atoms with van der Waals surface area (Å²) < 4.78 is 26.4. The van der Waals surface area contributed by atoms with Crippen molar-refractivity contribution >= 4 is 40.8 Å². The van der Waals surface area contributed by atoms with Gasteiger partial charge in [-0.3, -0.25) is 19.2 Å². The van der Waals surface area contributed by atoms with E-state index in [9.17, 15) is 37.8 Å². The second kappa shape index (κ2) is 22.5. The Labute approximate surface area is 312 Å². The molecule has 0 saturated heterocycles. The van der Waals surface area contributed by atoms with Crippen LogP contribution >= 0.6 is 0 Å². The smallest absolute Gasteiger partial charge is 0.408 e. The van der Waals surface area contributed by atoms with E-state index in [1.807, 2.05) is 65.0 Å². The third-order valence-corrected chi connectivity index (χ3v) is 9.08. The van der Waals surface area contributed by atoms with E-state index in [-0.39, 0.29) is 42.3 Å². The first-order chi connectivity index (χ1) is 24.1. The predicted octanol–water partition coefficient (Wildman–Crippen LogP) is 3.40. The van der Waals surface area contributed by atoms with Crippen LogP contribution in [0, 0.1) is 23.7 Å². The van der Waals surface area contributed by atoms with Crippen LogP contribution in [0.5, 0.6) is 0 Å². The van der Waals surface area contributed by atoms with E-state index in [1.54, 1.807) is 34.6 Å². The Balaban J connectivity index is 3.09. The average molecular weight is 754 g/mol. The number of nitrogens with one attached hydrogen (secondary N) is 5. The molecule has 8 atom stereocenters. The molecule has 296 valence electrons. The molecule has 14 nitrogen and oxygen atoms in total. The standard InChI is InChI=1S/C37H63N5O9S/c1-11-24(6)31(42-36(48)51-37(8,9)10)35(47)39-27(17-18-52(49)50)33(45)40-28(19-22(2)3)29(43)20-25(7)32(44)41-30(23(4)5)34(46)38-21-26-15-13-12-14-16-26/h12-16,22-25,27-31,43H,11,17-21H2,1-10H3,(H,38,46)(H,39,47)(H,40,45)(H,41,44)(H,42,48)(H,49,50)/t24-,25+,27-,28-,29-,30-,31-/m0/s1. The Morgan fingerprint density at radius 2 is 1.42 bits per heavy atom. The second-order valence-corrected chi connectivity index (χ2v) is 16.3. The first-order valence-electron chi connectivity index (χ1n) is 18.1. The Bertz CT molecular complexity index is 1320. The van der Waals surface area contributed by atoms with Gasteiger partial charge in [-0.05, 0) is 63.4 Å². The van der Waals surface area contributed by atoms with Crippen LogP contribution in [0.2, 0.25) is 0 Å². The van der Waals surface area contributed by atoms with Crippen LogP contribution in [0.3, 0.4) is 0 Å². The van der Waals surface area contributed by atoms with E-state index in [0.717, 1.165) is 5.56 Å². The van der Waals surface area contributed by atoms with Crippen LogP contribution in [-0.4, -0.2) is 85.2 Å². The monoisotopic (exact) mass is 753 g/mol. The van der Waals surface area contributed by atoms with Gasteiger partial charge in [0.1, 0.15) is 23.7 Å². The summed E-state index contributed by atoms with van der Waals surface area (Å²) in [6, 6.07) is 5.38. The molecule has 0 saturated carbocycles. The molecule has 15 heteroatoms. The number of carbonyl (C=O) groups is 5. The van der Waals surface area contributed by atoms with Gasteiger partial charge in [-0.1, -0.05) is 85.2 Å². The first-order valence-corrected chi connectivity index (χ1v) is 19.4. The molecule has 7 N–H and O–H groups in total. The van der Waals surface area contributed by atoms with Gasteiger partial charge in [-0.25, -0.2) is 9.00 Å². The lowest BCUT2D eigenvalue weighted by Crippen LogP contribution is -2.58. The maximum atomic E-state index is 13.7. The molecule has 5 amide bonds. The maximum Gasteiger partial charge on any atom is 0.408 e. The van der Waals surface area contributed by atoms with Gasteiger partial charge in [0.2, 0.25) is 23.6 Å². The molecule has 0 aromatic heterocycles. The summed E-state index contributed by atoms with van der Waals surface area (Å²) in [7, 11) is 0. The van der Waals surface area contributed by atoms with Crippen molar-refractivity contribution in [1.82, 2.24) is 26.6 Å². The summed E-state index contributed by atoms with van der Waals surface area (Å²) in [4.78, 5) is 66.0. The molecule has 0 spiro atoms. The van der Waals surface area contributed by atoms with E-state index in [1.165, 1.54) is 0 Å². The first kappa shape index (κ1) is 46.5. The van der Waals surface area contributed by atoms with Gasteiger partial charge in [-0.15, -0.1) is 0 Å². The largest absolute Gasteiger partial charge is 0.444 e. The fourth-order valence-corrected chi connectivity index (χ4v) is 5.79. The van der Waals surface area contributed by atoms with Crippen LogP contribution in [-0.2, 0) is 41.5 Å². The zero-order valence-corrected chi connectivity index (χ0v) is 33.3. The second-order valence-electron chi connectivity index (χ2n) is 15.3. The minimum atomic E-state index is -2.27. The van der Waals surface area contributed by atoms with Gasteiger partial charge in [0, 0.05) is 12.5 Å². The Hall–Kier alpha value is -3.56. The van der Waals surface area contributed by atoms with E-state index in [2.05, 4.69) is 26.6 Å². The Morgan fingerprint density at radius 3 is 1.94 bits per heavy atom. The predicted molar refractivity (Wildman–Crippen MR) is 201 cm³/mol. The number of benzene rings is 1. The molecule has 1 rings (SSSR count). The highest BCUT2D eigenvalue weighted by atomic mass is 32.2. The number of aliphatic hydroxyl groups is 1. The summed E-state index contributed by atoms with van der Waals surface area (Å²) in [6.45, 7) is 18.0. The van der Waals surface area contributed by atoms with Gasteiger partial charge < -0.3 is 41.0 Å². The molecule has 0 aliphatic heterocycles. The number of hydrogen-bond donors (Lipinski definition) is 7. The summed E-state index contributed by atoms with van der Waals surface area (Å²) >= 11 is -2.27. The minimum absolute atomic E-state index is 0.00788. The number of rotatable bonds is 21. The van der Waals surface area contributed by atoms with Crippen molar-refractivity contribution in [2.45, 2.75) is 137 Å². The highest BCUT2D eigenvalue weighted by Gasteiger charge is 2.34. The number of carbonyl (C=O) groups excluding carboxylic acids is 5. The molecule has 0 bridgehead atoms. The third kappa shape index (κ3) is 17.8.